The van der Waals surface area contributed by atoms with Gasteiger partial charge in [0, 0.05) is 18.1 Å². The summed E-state index contributed by atoms with van der Waals surface area (Å²) in [6.07, 6.45) is 6.99. The summed E-state index contributed by atoms with van der Waals surface area (Å²) in [7, 11) is 0. The molecule has 3 rings (SSSR count). The normalized spacial score (nSPS) is 29.9. The van der Waals surface area contributed by atoms with E-state index >= 15 is 0 Å². The van der Waals surface area contributed by atoms with Gasteiger partial charge in [-0.1, -0.05) is 36.2 Å². The third-order valence-electron chi connectivity index (χ3n) is 5.28. The van der Waals surface area contributed by atoms with Crippen molar-refractivity contribution >= 4 is 0 Å². The Morgan fingerprint density at radius 3 is 2.75 bits per heavy atom. The number of piperidine rings is 1. The monoisotopic (exact) mass is 272 g/mol. The Labute approximate surface area is 123 Å². The second-order valence-corrected chi connectivity index (χ2v) is 6.86. The summed E-state index contributed by atoms with van der Waals surface area (Å²) in [5.41, 5.74) is 9.14. The molecule has 1 aliphatic carbocycles. The Balaban J connectivity index is 1.90. The molecule has 4 atom stereocenters. The number of benzene rings is 1. The van der Waals surface area contributed by atoms with E-state index in [4.69, 9.17) is 5.73 Å². The minimum absolute atomic E-state index is 0.191. The lowest BCUT2D eigenvalue weighted by Crippen LogP contribution is -2.49. The lowest BCUT2D eigenvalue weighted by Gasteiger charge is -2.44. The van der Waals surface area contributed by atoms with Crippen molar-refractivity contribution in [3.63, 3.8) is 0 Å². The molecule has 0 bridgehead atoms. The summed E-state index contributed by atoms with van der Waals surface area (Å²) in [5, 5.41) is 0. The second kappa shape index (κ2) is 5.87. The standard InChI is InChI=1S/C18H28N2/c1-13-6-3-8-16(12-13)18(14(2)19)20-11-5-9-15-7-4-10-17(15)20/h3,6,8,12,14-15,17-18H,4-5,7,9-11,19H2,1-2H3. The second-order valence-electron chi connectivity index (χ2n) is 6.86. The quantitative estimate of drug-likeness (QED) is 0.910. The van der Waals surface area contributed by atoms with Gasteiger partial charge in [0.05, 0.1) is 0 Å². The summed E-state index contributed by atoms with van der Waals surface area (Å²) in [5.74, 6) is 0.926. The molecule has 0 amide bonds. The topological polar surface area (TPSA) is 29.3 Å². The lowest BCUT2D eigenvalue weighted by atomic mass is 9.87. The first kappa shape index (κ1) is 14.1. The molecular formula is C18H28N2. The zero-order valence-electron chi connectivity index (χ0n) is 12.9. The van der Waals surface area contributed by atoms with Crippen molar-refractivity contribution < 1.29 is 0 Å². The van der Waals surface area contributed by atoms with Gasteiger partial charge >= 0.3 is 0 Å². The summed E-state index contributed by atoms with van der Waals surface area (Å²) >= 11 is 0. The number of aryl methyl sites for hydroxylation is 1. The molecule has 0 aromatic heterocycles. The van der Waals surface area contributed by atoms with Gasteiger partial charge in [-0.05, 0) is 57.6 Å². The molecule has 110 valence electrons. The maximum atomic E-state index is 6.39. The van der Waals surface area contributed by atoms with Crippen LogP contribution < -0.4 is 5.73 Å². The van der Waals surface area contributed by atoms with E-state index in [2.05, 4.69) is 43.0 Å². The molecule has 2 fully saturated rings. The average molecular weight is 272 g/mol. The van der Waals surface area contributed by atoms with Crippen LogP contribution >= 0.6 is 0 Å². The van der Waals surface area contributed by atoms with E-state index in [9.17, 15) is 0 Å². The zero-order chi connectivity index (χ0) is 14.1. The first-order chi connectivity index (χ1) is 9.66. The fourth-order valence-corrected chi connectivity index (χ4v) is 4.49. The highest BCUT2D eigenvalue weighted by Gasteiger charge is 2.39. The molecule has 1 saturated carbocycles. The van der Waals surface area contributed by atoms with Crippen LogP contribution in [0.5, 0.6) is 0 Å². The minimum atomic E-state index is 0.191. The van der Waals surface area contributed by atoms with E-state index in [0.717, 1.165) is 12.0 Å². The van der Waals surface area contributed by atoms with Crippen molar-refractivity contribution in [2.24, 2.45) is 11.7 Å². The first-order valence-electron chi connectivity index (χ1n) is 8.24. The molecule has 1 heterocycles. The zero-order valence-corrected chi connectivity index (χ0v) is 12.9. The Morgan fingerprint density at radius 1 is 1.20 bits per heavy atom. The smallest absolute Gasteiger partial charge is 0.0499 e. The van der Waals surface area contributed by atoms with Crippen LogP contribution in [0.1, 0.15) is 56.2 Å². The maximum absolute atomic E-state index is 6.39. The van der Waals surface area contributed by atoms with Crippen molar-refractivity contribution in [1.82, 2.24) is 4.90 Å². The predicted molar refractivity (Wildman–Crippen MR) is 84.6 cm³/mol. The summed E-state index contributed by atoms with van der Waals surface area (Å²) in [6.45, 7) is 5.57. The molecule has 0 spiro atoms. The molecule has 2 nitrogen and oxygen atoms in total. The number of rotatable bonds is 3. The van der Waals surface area contributed by atoms with Gasteiger partial charge in [-0.2, -0.15) is 0 Å². The van der Waals surface area contributed by atoms with Gasteiger partial charge in [0.1, 0.15) is 0 Å². The Bertz CT molecular complexity index is 454. The van der Waals surface area contributed by atoms with Gasteiger partial charge < -0.3 is 5.73 Å². The van der Waals surface area contributed by atoms with Crippen LogP contribution in [0.4, 0.5) is 0 Å². The first-order valence-corrected chi connectivity index (χ1v) is 8.24. The van der Waals surface area contributed by atoms with Gasteiger partial charge in [-0.3, -0.25) is 4.90 Å². The number of fused-ring (bicyclic) bond motifs is 1. The summed E-state index contributed by atoms with van der Waals surface area (Å²) in [6, 6.07) is 10.3. The van der Waals surface area contributed by atoms with E-state index < -0.39 is 0 Å². The molecule has 2 heteroatoms. The molecule has 1 saturated heterocycles. The molecule has 2 aliphatic rings. The van der Waals surface area contributed by atoms with Crippen LogP contribution in [0.25, 0.3) is 0 Å². The highest BCUT2D eigenvalue weighted by Crippen LogP contribution is 2.41. The molecule has 1 aromatic rings. The number of hydrogen-bond acceptors (Lipinski definition) is 2. The van der Waals surface area contributed by atoms with E-state index in [1.165, 1.54) is 49.8 Å². The van der Waals surface area contributed by atoms with Crippen molar-refractivity contribution in [3.05, 3.63) is 35.4 Å². The van der Waals surface area contributed by atoms with Gasteiger partial charge in [0.15, 0.2) is 0 Å². The van der Waals surface area contributed by atoms with Crippen LogP contribution in [0.15, 0.2) is 24.3 Å². The number of nitrogens with two attached hydrogens (primary N) is 1. The van der Waals surface area contributed by atoms with E-state index in [0.29, 0.717) is 6.04 Å². The van der Waals surface area contributed by atoms with Crippen molar-refractivity contribution in [1.29, 1.82) is 0 Å². The average Bonchev–Trinajstić information content (AvgIpc) is 2.88. The van der Waals surface area contributed by atoms with Gasteiger partial charge in [-0.15, -0.1) is 0 Å². The van der Waals surface area contributed by atoms with E-state index in [1.807, 2.05) is 0 Å². The lowest BCUT2D eigenvalue weighted by molar-refractivity contribution is 0.0571. The molecule has 20 heavy (non-hydrogen) atoms. The minimum Gasteiger partial charge on any atom is -0.326 e. The molecule has 2 N–H and O–H groups in total. The van der Waals surface area contributed by atoms with Crippen molar-refractivity contribution in [3.8, 4) is 0 Å². The Kier molecular flexibility index (Phi) is 4.13. The van der Waals surface area contributed by atoms with E-state index in [1.54, 1.807) is 0 Å². The fraction of sp³-hybridized carbons (Fsp3) is 0.667. The van der Waals surface area contributed by atoms with Gasteiger partial charge in [-0.25, -0.2) is 0 Å². The molecule has 1 aromatic carbocycles. The Morgan fingerprint density at radius 2 is 2.00 bits per heavy atom. The van der Waals surface area contributed by atoms with Crippen LogP contribution in [0.2, 0.25) is 0 Å². The largest absolute Gasteiger partial charge is 0.326 e. The Hall–Kier alpha value is -0.860. The summed E-state index contributed by atoms with van der Waals surface area (Å²) < 4.78 is 0. The number of likely N-dealkylation sites (tertiary alicyclic amines) is 1. The van der Waals surface area contributed by atoms with Crippen LogP contribution in [0, 0.1) is 12.8 Å². The van der Waals surface area contributed by atoms with Crippen molar-refractivity contribution in [2.45, 2.75) is 64.1 Å². The highest BCUT2D eigenvalue weighted by molar-refractivity contribution is 5.26. The van der Waals surface area contributed by atoms with Crippen LogP contribution in [-0.4, -0.2) is 23.5 Å². The van der Waals surface area contributed by atoms with E-state index in [-0.39, 0.29) is 6.04 Å². The van der Waals surface area contributed by atoms with Crippen LogP contribution in [-0.2, 0) is 0 Å². The van der Waals surface area contributed by atoms with Gasteiger partial charge in [0.2, 0.25) is 0 Å². The molecule has 4 unspecified atom stereocenters. The maximum Gasteiger partial charge on any atom is 0.0499 e. The molecule has 0 radical (unpaired) electrons. The molecular weight excluding hydrogens is 244 g/mol. The van der Waals surface area contributed by atoms with Crippen molar-refractivity contribution in [2.75, 3.05) is 6.54 Å². The third-order valence-corrected chi connectivity index (χ3v) is 5.28. The number of nitrogens with zero attached hydrogens (tertiary/aromatic N) is 1. The SMILES string of the molecule is Cc1cccc(C(C(C)N)N2CCCC3CCCC32)c1. The highest BCUT2D eigenvalue weighted by atomic mass is 15.2. The number of hydrogen-bond donors (Lipinski definition) is 1. The van der Waals surface area contributed by atoms with Gasteiger partial charge in [0.25, 0.3) is 0 Å². The fourth-order valence-electron chi connectivity index (χ4n) is 4.49. The molecule has 1 aliphatic heterocycles. The predicted octanol–water partition coefficient (Wildman–Crippen LogP) is 3.65. The third kappa shape index (κ3) is 2.64. The van der Waals surface area contributed by atoms with Crippen LogP contribution in [0.3, 0.4) is 0 Å². The summed E-state index contributed by atoms with van der Waals surface area (Å²) in [4.78, 5) is 2.74.